The van der Waals surface area contributed by atoms with Crippen LogP contribution in [0.2, 0.25) is 0 Å². The van der Waals surface area contributed by atoms with Gasteiger partial charge >= 0.3 is 0 Å². The van der Waals surface area contributed by atoms with Gasteiger partial charge in [0.2, 0.25) is 0 Å². The zero-order chi connectivity index (χ0) is 17.5. The molecule has 0 saturated heterocycles. The van der Waals surface area contributed by atoms with Crippen molar-refractivity contribution in [2.45, 2.75) is 79.3 Å². The van der Waals surface area contributed by atoms with Crippen molar-refractivity contribution < 1.29 is 16.5 Å². The fraction of sp³-hybridized carbons (Fsp3) is 0.778. The van der Waals surface area contributed by atoms with Crippen LogP contribution in [0.4, 0.5) is 0 Å². The van der Waals surface area contributed by atoms with Crippen LogP contribution >= 0.6 is 0 Å². The van der Waals surface area contributed by atoms with Crippen LogP contribution in [0.25, 0.3) is 0 Å². The molecule has 0 rings (SSSR count). The molecule has 0 aromatic carbocycles. The van der Waals surface area contributed by atoms with Gasteiger partial charge in [-0.1, -0.05) is 13.8 Å². The zero-order valence-corrected chi connectivity index (χ0v) is 17.2. The van der Waals surface area contributed by atoms with Gasteiger partial charge < -0.3 is 0 Å². The smallest absolute Gasteiger partial charge is 0.0524 e. The van der Waals surface area contributed by atoms with Crippen LogP contribution in [0, 0.1) is 0 Å². The first-order chi connectivity index (χ1) is 10.1. The second-order valence-electron chi connectivity index (χ2n) is 7.01. The van der Waals surface area contributed by atoms with Crippen molar-refractivity contribution in [3.05, 3.63) is 0 Å². The van der Waals surface area contributed by atoms with Gasteiger partial charge in [0.1, 0.15) is 0 Å². The molecule has 0 aliphatic rings. The molecule has 0 spiro atoms. The largest absolute Gasteiger partial charge is 0.292 e. The third kappa shape index (κ3) is 33.8. The predicted octanol–water partition coefficient (Wildman–Crippen LogP) is 4.67. The van der Waals surface area contributed by atoms with Crippen molar-refractivity contribution in [3.63, 3.8) is 0 Å². The van der Waals surface area contributed by atoms with E-state index >= 15 is 0 Å². The second kappa shape index (κ2) is 16.0. The van der Waals surface area contributed by atoms with E-state index in [-0.39, 0.29) is 27.6 Å². The van der Waals surface area contributed by atoms with Crippen molar-refractivity contribution >= 4 is 24.9 Å². The van der Waals surface area contributed by atoms with E-state index in [2.05, 4.69) is 75.4 Å². The Morgan fingerprint density at radius 2 is 0.913 bits per heavy atom. The van der Waals surface area contributed by atoms with Gasteiger partial charge in [-0.3, -0.25) is 20.0 Å². The minimum Gasteiger partial charge on any atom is -0.292 e. The molecule has 0 atom stereocenters. The van der Waals surface area contributed by atoms with Crippen LogP contribution in [-0.4, -0.2) is 49.0 Å². The Hall–Kier alpha value is -0.826. The third-order valence-electron chi connectivity index (χ3n) is 1.97. The Morgan fingerprint density at radius 1 is 0.609 bits per heavy atom. The van der Waals surface area contributed by atoms with E-state index in [1.54, 1.807) is 24.9 Å². The molecule has 0 aromatic heterocycles. The van der Waals surface area contributed by atoms with E-state index < -0.39 is 0 Å². The monoisotopic (exact) mass is 366 g/mol. The van der Waals surface area contributed by atoms with E-state index in [0.29, 0.717) is 0 Å². The van der Waals surface area contributed by atoms with E-state index in [4.69, 9.17) is 0 Å². The Labute approximate surface area is 154 Å². The number of aliphatic imine (C=N–C) groups is 4. The van der Waals surface area contributed by atoms with E-state index in [1.807, 2.05) is 0 Å². The van der Waals surface area contributed by atoms with Crippen molar-refractivity contribution in [3.8, 4) is 0 Å². The molecule has 0 aromatic rings. The maximum atomic E-state index is 4.29. The van der Waals surface area contributed by atoms with Crippen LogP contribution in [0.15, 0.2) is 20.0 Å². The standard InChI is InChI=1S/C10H20N2.C8H16N2.Ni/c1-9(2,3)11-7-8-12-10(4,5)6;1-3-5-9-7-8-10-6-4-2;/h7-8H,1-6H3;7-8H,3-6H2,1-2H3;. The summed E-state index contributed by atoms with van der Waals surface area (Å²) in [7, 11) is 0. The summed E-state index contributed by atoms with van der Waals surface area (Å²) in [4.78, 5) is 16.7. The predicted molar refractivity (Wildman–Crippen MR) is 104 cm³/mol. The second-order valence-corrected chi connectivity index (χ2v) is 7.01. The molecule has 0 aliphatic heterocycles. The first-order valence-corrected chi connectivity index (χ1v) is 8.19. The van der Waals surface area contributed by atoms with Crippen LogP contribution in [0.5, 0.6) is 0 Å². The summed E-state index contributed by atoms with van der Waals surface area (Å²) in [6, 6.07) is 0. The zero-order valence-electron chi connectivity index (χ0n) is 16.2. The number of hydrogen-bond acceptors (Lipinski definition) is 4. The van der Waals surface area contributed by atoms with Gasteiger partial charge in [0.05, 0.1) is 11.1 Å². The Balaban J connectivity index is -0.000000338. The van der Waals surface area contributed by atoms with Crippen molar-refractivity contribution in [2.24, 2.45) is 20.0 Å². The molecule has 0 bridgehead atoms. The summed E-state index contributed by atoms with van der Waals surface area (Å²) >= 11 is 0. The average Bonchev–Trinajstić information content (AvgIpc) is 2.38. The maximum absolute atomic E-state index is 4.29. The van der Waals surface area contributed by atoms with Crippen LogP contribution in [-0.2, 0) is 16.5 Å². The average molecular weight is 367 g/mol. The van der Waals surface area contributed by atoms with Crippen LogP contribution < -0.4 is 0 Å². The molecule has 138 valence electrons. The summed E-state index contributed by atoms with van der Waals surface area (Å²) in [5.41, 5.74) is 0.00775. The van der Waals surface area contributed by atoms with Crippen LogP contribution in [0.3, 0.4) is 0 Å². The normalized spacial score (nSPS) is 12.9. The van der Waals surface area contributed by atoms with E-state index in [1.165, 1.54) is 0 Å². The SMILES string of the molecule is CC(C)(C)N=CC=NC(C)(C)C.CCCN=CC=NCCC.[Ni]. The molecule has 0 saturated carbocycles. The molecule has 5 heteroatoms. The summed E-state index contributed by atoms with van der Waals surface area (Å²) in [5.74, 6) is 0. The quantitative estimate of drug-likeness (QED) is 0.484. The summed E-state index contributed by atoms with van der Waals surface area (Å²) in [6.45, 7) is 18.4. The van der Waals surface area contributed by atoms with Crippen molar-refractivity contribution in [1.82, 2.24) is 0 Å². The fourth-order valence-corrected chi connectivity index (χ4v) is 1.02. The molecule has 0 amide bonds. The Bertz CT molecular complexity index is 322. The molecular weight excluding hydrogens is 331 g/mol. The molecule has 0 aliphatic carbocycles. The topological polar surface area (TPSA) is 49.4 Å². The van der Waals surface area contributed by atoms with Crippen molar-refractivity contribution in [1.29, 1.82) is 0 Å². The fourth-order valence-electron chi connectivity index (χ4n) is 1.02. The summed E-state index contributed by atoms with van der Waals surface area (Å²) in [6.07, 6.45) is 9.31. The first-order valence-electron chi connectivity index (χ1n) is 8.19. The Kier molecular flexibility index (Phi) is 18.9. The molecule has 0 N–H and O–H groups in total. The molecule has 0 unspecified atom stereocenters. The molecule has 23 heavy (non-hydrogen) atoms. The van der Waals surface area contributed by atoms with Gasteiger partial charge in [0, 0.05) is 54.4 Å². The Morgan fingerprint density at radius 3 is 1.13 bits per heavy atom. The van der Waals surface area contributed by atoms with Crippen molar-refractivity contribution in [2.75, 3.05) is 13.1 Å². The number of nitrogens with zero attached hydrogens (tertiary/aromatic N) is 4. The van der Waals surface area contributed by atoms with Gasteiger partial charge in [-0.2, -0.15) is 0 Å². The van der Waals surface area contributed by atoms with Gasteiger partial charge in [0.15, 0.2) is 0 Å². The van der Waals surface area contributed by atoms with Crippen LogP contribution in [0.1, 0.15) is 68.2 Å². The summed E-state index contributed by atoms with van der Waals surface area (Å²) < 4.78 is 0. The molecule has 0 radical (unpaired) electrons. The molecular formula is C18H36N4Ni. The first kappa shape index (κ1) is 27.0. The summed E-state index contributed by atoms with van der Waals surface area (Å²) in [5, 5.41) is 0. The van der Waals surface area contributed by atoms with Gasteiger partial charge in [-0.25, -0.2) is 0 Å². The molecule has 0 heterocycles. The third-order valence-corrected chi connectivity index (χ3v) is 1.97. The minimum atomic E-state index is 0. The van der Waals surface area contributed by atoms with E-state index in [9.17, 15) is 0 Å². The molecule has 0 fully saturated rings. The van der Waals surface area contributed by atoms with Gasteiger partial charge in [-0.15, -0.1) is 0 Å². The van der Waals surface area contributed by atoms with Gasteiger partial charge in [-0.05, 0) is 54.4 Å². The number of hydrogen-bond donors (Lipinski definition) is 0. The minimum absolute atomic E-state index is 0. The molecule has 4 nitrogen and oxygen atoms in total. The van der Waals surface area contributed by atoms with Gasteiger partial charge in [0.25, 0.3) is 0 Å². The number of rotatable bonds is 6. The van der Waals surface area contributed by atoms with E-state index in [0.717, 1.165) is 25.9 Å². The maximum Gasteiger partial charge on any atom is 0.0524 e.